The maximum Gasteiger partial charge on any atom is 0.0964 e. The SMILES string of the molecule is CCCSC1=CCCN(C)C1c1cnsn1. The second-order valence-corrected chi connectivity index (χ2v) is 5.68. The van der Waals surface area contributed by atoms with Crippen molar-refractivity contribution in [2.24, 2.45) is 0 Å². The largest absolute Gasteiger partial charge is 0.293 e. The van der Waals surface area contributed by atoms with E-state index in [1.165, 1.54) is 28.8 Å². The fourth-order valence-electron chi connectivity index (χ4n) is 1.89. The van der Waals surface area contributed by atoms with Gasteiger partial charge in [0.25, 0.3) is 0 Å². The molecule has 88 valence electrons. The first-order chi connectivity index (χ1) is 7.83. The summed E-state index contributed by atoms with van der Waals surface area (Å²) in [6.07, 6.45) is 6.63. The van der Waals surface area contributed by atoms with Crippen molar-refractivity contribution < 1.29 is 0 Å². The van der Waals surface area contributed by atoms with Gasteiger partial charge in [0.1, 0.15) is 0 Å². The van der Waals surface area contributed by atoms with E-state index in [4.69, 9.17) is 0 Å². The number of likely N-dealkylation sites (N-methyl/N-ethyl adjacent to an activating group) is 1. The lowest BCUT2D eigenvalue weighted by molar-refractivity contribution is 0.272. The monoisotopic (exact) mass is 255 g/mol. The summed E-state index contributed by atoms with van der Waals surface area (Å²) in [5.41, 5.74) is 1.10. The molecule has 0 bridgehead atoms. The van der Waals surface area contributed by atoms with E-state index in [9.17, 15) is 0 Å². The summed E-state index contributed by atoms with van der Waals surface area (Å²) in [4.78, 5) is 3.82. The number of aromatic nitrogens is 2. The zero-order valence-electron chi connectivity index (χ0n) is 9.72. The third-order valence-corrected chi connectivity index (χ3v) is 4.50. The molecule has 0 saturated heterocycles. The number of thioether (sulfide) groups is 1. The van der Waals surface area contributed by atoms with Crippen molar-refractivity contribution in [3.05, 3.63) is 22.9 Å². The van der Waals surface area contributed by atoms with E-state index in [1.54, 1.807) is 0 Å². The summed E-state index contributed by atoms with van der Waals surface area (Å²) < 4.78 is 8.50. The molecule has 1 aromatic rings. The zero-order valence-corrected chi connectivity index (χ0v) is 11.4. The van der Waals surface area contributed by atoms with Gasteiger partial charge in [-0.25, -0.2) is 0 Å². The van der Waals surface area contributed by atoms with Gasteiger partial charge in [0.15, 0.2) is 0 Å². The first-order valence-corrected chi connectivity index (χ1v) is 7.35. The van der Waals surface area contributed by atoms with Crippen molar-refractivity contribution in [2.45, 2.75) is 25.8 Å². The van der Waals surface area contributed by atoms with Crippen LogP contribution in [0.2, 0.25) is 0 Å². The summed E-state index contributed by atoms with van der Waals surface area (Å²) in [5.74, 6) is 1.19. The molecule has 1 aliphatic heterocycles. The van der Waals surface area contributed by atoms with Crippen LogP contribution in [0.3, 0.4) is 0 Å². The molecule has 0 aliphatic carbocycles. The molecule has 0 aromatic carbocycles. The Balaban J connectivity index is 2.17. The van der Waals surface area contributed by atoms with E-state index < -0.39 is 0 Å². The minimum atomic E-state index is 0.337. The maximum atomic E-state index is 4.38. The van der Waals surface area contributed by atoms with Crippen molar-refractivity contribution >= 4 is 23.5 Å². The molecule has 1 unspecified atom stereocenters. The number of hydrogen-bond donors (Lipinski definition) is 0. The molecular formula is C11H17N3S2. The van der Waals surface area contributed by atoms with Gasteiger partial charge in [0.2, 0.25) is 0 Å². The maximum absolute atomic E-state index is 4.38. The molecule has 0 spiro atoms. The first-order valence-electron chi connectivity index (χ1n) is 5.63. The highest BCUT2D eigenvalue weighted by atomic mass is 32.2. The lowest BCUT2D eigenvalue weighted by atomic mass is 10.1. The van der Waals surface area contributed by atoms with E-state index in [-0.39, 0.29) is 0 Å². The molecule has 1 aromatic heterocycles. The normalized spacial score (nSPS) is 22.1. The molecule has 0 fully saturated rings. The highest BCUT2D eigenvalue weighted by Crippen LogP contribution is 2.37. The Bertz CT molecular complexity index is 348. The van der Waals surface area contributed by atoms with Gasteiger partial charge >= 0.3 is 0 Å². The summed E-state index contributed by atoms with van der Waals surface area (Å²) in [6, 6.07) is 0.337. The zero-order chi connectivity index (χ0) is 11.4. The average molecular weight is 255 g/mol. The van der Waals surface area contributed by atoms with Crippen molar-refractivity contribution in [3.63, 3.8) is 0 Å². The van der Waals surface area contributed by atoms with Crippen molar-refractivity contribution in [1.29, 1.82) is 0 Å². The molecule has 5 heteroatoms. The van der Waals surface area contributed by atoms with Gasteiger partial charge in [-0.05, 0) is 25.6 Å². The van der Waals surface area contributed by atoms with Gasteiger partial charge in [0, 0.05) is 11.4 Å². The predicted octanol–water partition coefficient (Wildman–Crippen LogP) is 2.94. The van der Waals surface area contributed by atoms with Gasteiger partial charge < -0.3 is 0 Å². The van der Waals surface area contributed by atoms with Crippen LogP contribution < -0.4 is 0 Å². The van der Waals surface area contributed by atoms with Crippen LogP contribution in [0.5, 0.6) is 0 Å². The minimum absolute atomic E-state index is 0.337. The molecule has 0 saturated carbocycles. The van der Waals surface area contributed by atoms with E-state index in [2.05, 4.69) is 33.7 Å². The molecule has 0 N–H and O–H groups in total. The molecule has 2 rings (SSSR count). The highest BCUT2D eigenvalue weighted by Gasteiger charge is 2.26. The Labute approximate surface area is 105 Å². The standard InChI is InChI=1S/C11H17N3S2/c1-3-7-15-10-5-4-6-14(2)11(10)9-8-12-16-13-9/h5,8,11H,3-4,6-7H2,1-2H3. The fourth-order valence-corrected chi connectivity index (χ4v) is 3.47. The number of rotatable bonds is 4. The van der Waals surface area contributed by atoms with Crippen molar-refractivity contribution in [3.8, 4) is 0 Å². The second-order valence-electron chi connectivity index (χ2n) is 3.96. The molecule has 1 aliphatic rings. The molecule has 2 heterocycles. The Morgan fingerprint density at radius 3 is 3.19 bits per heavy atom. The van der Waals surface area contributed by atoms with Crippen LogP contribution in [0, 0.1) is 0 Å². The van der Waals surface area contributed by atoms with E-state index in [0.717, 1.165) is 18.7 Å². The average Bonchev–Trinajstić information content (AvgIpc) is 2.79. The Kier molecular flexibility index (Phi) is 4.37. The summed E-state index contributed by atoms with van der Waals surface area (Å²) in [5, 5.41) is 0. The van der Waals surface area contributed by atoms with E-state index >= 15 is 0 Å². The van der Waals surface area contributed by atoms with Gasteiger partial charge in [-0.2, -0.15) is 8.75 Å². The van der Waals surface area contributed by atoms with Crippen molar-refractivity contribution in [1.82, 2.24) is 13.6 Å². The van der Waals surface area contributed by atoms with Crippen LogP contribution in [0.1, 0.15) is 31.5 Å². The predicted molar refractivity (Wildman–Crippen MR) is 70.7 cm³/mol. The lowest BCUT2D eigenvalue weighted by Crippen LogP contribution is -2.29. The van der Waals surface area contributed by atoms with Gasteiger partial charge in [-0.1, -0.05) is 13.0 Å². The Morgan fingerprint density at radius 2 is 2.50 bits per heavy atom. The van der Waals surface area contributed by atoms with Crippen LogP contribution in [0.15, 0.2) is 17.2 Å². The minimum Gasteiger partial charge on any atom is -0.293 e. The Hall–Kier alpha value is -0.390. The quantitative estimate of drug-likeness (QED) is 0.827. The van der Waals surface area contributed by atoms with Gasteiger partial charge in [0.05, 0.1) is 29.7 Å². The third kappa shape index (κ3) is 2.64. The summed E-state index contributed by atoms with van der Waals surface area (Å²) in [7, 11) is 2.17. The Morgan fingerprint density at radius 1 is 1.62 bits per heavy atom. The van der Waals surface area contributed by atoms with Gasteiger partial charge in [-0.15, -0.1) is 11.8 Å². The van der Waals surface area contributed by atoms with Crippen LogP contribution in [-0.2, 0) is 0 Å². The van der Waals surface area contributed by atoms with Crippen LogP contribution in [0.25, 0.3) is 0 Å². The highest BCUT2D eigenvalue weighted by molar-refractivity contribution is 8.03. The molecule has 16 heavy (non-hydrogen) atoms. The summed E-state index contributed by atoms with van der Waals surface area (Å²) >= 11 is 3.26. The van der Waals surface area contributed by atoms with Gasteiger partial charge in [-0.3, -0.25) is 4.90 Å². The molecule has 0 amide bonds. The molecule has 3 nitrogen and oxygen atoms in total. The topological polar surface area (TPSA) is 29.0 Å². The van der Waals surface area contributed by atoms with E-state index in [1.807, 2.05) is 18.0 Å². The second kappa shape index (κ2) is 5.80. The van der Waals surface area contributed by atoms with Crippen LogP contribution >= 0.6 is 23.5 Å². The lowest BCUT2D eigenvalue weighted by Gasteiger charge is -2.31. The number of nitrogens with zero attached hydrogens (tertiary/aromatic N) is 3. The van der Waals surface area contributed by atoms with Crippen LogP contribution in [0.4, 0.5) is 0 Å². The first kappa shape index (κ1) is 12.1. The smallest absolute Gasteiger partial charge is 0.0964 e. The third-order valence-electron chi connectivity index (χ3n) is 2.67. The van der Waals surface area contributed by atoms with Crippen molar-refractivity contribution in [2.75, 3.05) is 19.3 Å². The number of hydrogen-bond acceptors (Lipinski definition) is 5. The van der Waals surface area contributed by atoms with E-state index in [0.29, 0.717) is 6.04 Å². The van der Waals surface area contributed by atoms with Crippen LogP contribution in [-0.4, -0.2) is 33.0 Å². The summed E-state index contributed by atoms with van der Waals surface area (Å²) in [6.45, 7) is 3.33. The molecular weight excluding hydrogens is 238 g/mol. The fraction of sp³-hybridized carbons (Fsp3) is 0.636. The molecule has 0 radical (unpaired) electrons. The molecule has 1 atom stereocenters.